The first kappa shape index (κ1) is 13.7. The van der Waals surface area contributed by atoms with E-state index in [9.17, 15) is 14.4 Å². The Hall–Kier alpha value is -2.38. The molecule has 3 amide bonds. The average molecular weight is 255 g/mol. The molecule has 0 unspecified atom stereocenters. The van der Waals surface area contributed by atoms with Crippen LogP contribution in [0, 0.1) is 6.92 Å². The molecule has 0 radical (unpaired) electrons. The van der Waals surface area contributed by atoms with E-state index in [0.717, 1.165) is 0 Å². The van der Waals surface area contributed by atoms with Crippen molar-refractivity contribution in [2.75, 3.05) is 5.32 Å². The highest BCUT2D eigenvalue weighted by atomic mass is 16.5. The number of carbonyl (C=O) groups excluding carboxylic acids is 2. The van der Waals surface area contributed by atoms with Gasteiger partial charge in [0.1, 0.15) is 5.76 Å². The third kappa shape index (κ3) is 5.10. The third-order valence-electron chi connectivity index (χ3n) is 1.92. The topological polar surface area (TPSA) is 122 Å². The smallest absolute Gasteiger partial charge is 0.327 e. The number of carboxylic acids is 1. The van der Waals surface area contributed by atoms with Crippen molar-refractivity contribution < 1.29 is 24.0 Å². The van der Waals surface area contributed by atoms with Crippen molar-refractivity contribution in [3.05, 3.63) is 11.8 Å². The fourth-order valence-corrected chi connectivity index (χ4v) is 1.16. The van der Waals surface area contributed by atoms with Crippen molar-refractivity contribution in [2.45, 2.75) is 26.2 Å². The minimum absolute atomic E-state index is 0.0302. The Balaban J connectivity index is 2.27. The zero-order valence-electron chi connectivity index (χ0n) is 9.73. The Morgan fingerprint density at radius 1 is 1.39 bits per heavy atom. The Morgan fingerprint density at radius 2 is 2.11 bits per heavy atom. The van der Waals surface area contributed by atoms with E-state index in [-0.39, 0.29) is 25.1 Å². The summed E-state index contributed by atoms with van der Waals surface area (Å²) in [7, 11) is 0. The number of nitrogens with one attached hydrogen (secondary N) is 2. The van der Waals surface area contributed by atoms with Crippen molar-refractivity contribution in [3.63, 3.8) is 0 Å². The first-order valence-electron chi connectivity index (χ1n) is 5.23. The van der Waals surface area contributed by atoms with E-state index in [0.29, 0.717) is 5.76 Å². The second-order valence-electron chi connectivity index (χ2n) is 3.57. The van der Waals surface area contributed by atoms with Crippen LogP contribution in [0.15, 0.2) is 10.6 Å². The van der Waals surface area contributed by atoms with Gasteiger partial charge in [-0.15, -0.1) is 0 Å². The van der Waals surface area contributed by atoms with Crippen molar-refractivity contribution in [1.82, 2.24) is 10.5 Å². The summed E-state index contributed by atoms with van der Waals surface area (Å²) in [6.07, 6.45) is 0.0343. The van der Waals surface area contributed by atoms with Crippen molar-refractivity contribution in [3.8, 4) is 0 Å². The molecule has 98 valence electrons. The number of rotatable bonds is 5. The van der Waals surface area contributed by atoms with Gasteiger partial charge in [-0.25, -0.2) is 4.79 Å². The third-order valence-corrected chi connectivity index (χ3v) is 1.92. The number of carboxylic acid groups (broad SMARTS) is 1. The van der Waals surface area contributed by atoms with E-state index in [1.807, 2.05) is 5.32 Å². The molecule has 1 aromatic heterocycles. The second-order valence-corrected chi connectivity index (χ2v) is 3.57. The van der Waals surface area contributed by atoms with Gasteiger partial charge in [0.15, 0.2) is 5.82 Å². The number of nitrogens with zero attached hydrogens (tertiary/aromatic N) is 1. The van der Waals surface area contributed by atoms with E-state index >= 15 is 0 Å². The number of aryl methyl sites for hydroxylation is 1. The Bertz CT molecular complexity index is 454. The van der Waals surface area contributed by atoms with Crippen molar-refractivity contribution in [2.24, 2.45) is 0 Å². The lowest BCUT2D eigenvalue weighted by Gasteiger charge is -2.03. The van der Waals surface area contributed by atoms with Crippen LogP contribution in [0.3, 0.4) is 0 Å². The largest absolute Gasteiger partial charge is 0.481 e. The van der Waals surface area contributed by atoms with Crippen LogP contribution >= 0.6 is 0 Å². The Morgan fingerprint density at radius 3 is 2.67 bits per heavy atom. The molecular formula is C10H13N3O5. The predicted octanol–water partition coefficient (Wildman–Crippen LogP) is 0.886. The van der Waals surface area contributed by atoms with Crippen molar-refractivity contribution >= 4 is 23.7 Å². The summed E-state index contributed by atoms with van der Waals surface area (Å²) < 4.78 is 4.72. The minimum Gasteiger partial charge on any atom is -0.481 e. The van der Waals surface area contributed by atoms with Gasteiger partial charge in [-0.1, -0.05) is 5.16 Å². The maximum Gasteiger partial charge on any atom is 0.327 e. The molecule has 1 heterocycles. The van der Waals surface area contributed by atoms with Gasteiger partial charge in [0.05, 0.1) is 0 Å². The van der Waals surface area contributed by atoms with Crippen LogP contribution in [-0.4, -0.2) is 28.2 Å². The maximum absolute atomic E-state index is 11.3. The van der Waals surface area contributed by atoms with Gasteiger partial charge < -0.3 is 9.63 Å². The molecule has 3 N–H and O–H groups in total. The Labute approximate surface area is 102 Å². The number of anilines is 1. The van der Waals surface area contributed by atoms with Gasteiger partial charge in [-0.2, -0.15) is 0 Å². The molecule has 8 nitrogen and oxygen atoms in total. The zero-order chi connectivity index (χ0) is 13.5. The number of aliphatic carboxylic acids is 1. The molecule has 0 aliphatic carbocycles. The summed E-state index contributed by atoms with van der Waals surface area (Å²) in [6, 6.07) is 0.762. The summed E-state index contributed by atoms with van der Waals surface area (Å²) in [5, 5.41) is 16.2. The van der Waals surface area contributed by atoms with Crippen LogP contribution < -0.4 is 10.6 Å². The monoisotopic (exact) mass is 255 g/mol. The molecule has 0 aliphatic heterocycles. The molecule has 1 rings (SSSR count). The highest BCUT2D eigenvalue weighted by molar-refractivity contribution is 6.00. The Kier molecular flexibility index (Phi) is 4.85. The molecule has 0 atom stereocenters. The number of imide groups is 1. The van der Waals surface area contributed by atoms with E-state index in [4.69, 9.17) is 9.63 Å². The molecule has 0 bridgehead atoms. The van der Waals surface area contributed by atoms with Crippen LogP contribution in [0.4, 0.5) is 10.6 Å². The normalized spacial score (nSPS) is 9.83. The van der Waals surface area contributed by atoms with Gasteiger partial charge in [0.25, 0.3) is 0 Å². The molecule has 1 aromatic rings. The van der Waals surface area contributed by atoms with Crippen LogP contribution in [0.5, 0.6) is 0 Å². The number of urea groups is 1. The molecule has 8 heteroatoms. The summed E-state index contributed by atoms with van der Waals surface area (Å²) >= 11 is 0. The molecule has 0 saturated carbocycles. The van der Waals surface area contributed by atoms with Gasteiger partial charge in [0, 0.05) is 18.9 Å². The first-order valence-corrected chi connectivity index (χ1v) is 5.23. The molecule has 0 saturated heterocycles. The second kappa shape index (κ2) is 6.38. The highest BCUT2D eigenvalue weighted by Gasteiger charge is 2.10. The SMILES string of the molecule is Cc1cc(NC(=O)NC(=O)CCCC(=O)O)no1. The van der Waals surface area contributed by atoms with E-state index in [2.05, 4.69) is 10.5 Å². The highest BCUT2D eigenvalue weighted by Crippen LogP contribution is 2.06. The van der Waals surface area contributed by atoms with Crippen LogP contribution in [0.25, 0.3) is 0 Å². The van der Waals surface area contributed by atoms with Crippen LogP contribution in [0.1, 0.15) is 25.0 Å². The fraction of sp³-hybridized carbons (Fsp3) is 0.400. The van der Waals surface area contributed by atoms with Crippen molar-refractivity contribution in [1.29, 1.82) is 0 Å². The lowest BCUT2D eigenvalue weighted by Crippen LogP contribution is -2.34. The number of hydrogen-bond donors (Lipinski definition) is 3. The molecule has 0 aliphatic rings. The maximum atomic E-state index is 11.3. The summed E-state index contributed by atoms with van der Waals surface area (Å²) in [6.45, 7) is 1.66. The van der Waals surface area contributed by atoms with E-state index in [1.165, 1.54) is 6.07 Å². The quantitative estimate of drug-likeness (QED) is 0.718. The minimum atomic E-state index is -0.981. The molecule has 0 spiro atoms. The van der Waals surface area contributed by atoms with Gasteiger partial charge >= 0.3 is 12.0 Å². The summed E-state index contributed by atoms with van der Waals surface area (Å²) in [5.74, 6) is -0.805. The van der Waals surface area contributed by atoms with Gasteiger partial charge in [-0.3, -0.25) is 20.2 Å². The van der Waals surface area contributed by atoms with E-state index < -0.39 is 17.9 Å². The number of amides is 3. The predicted molar refractivity (Wildman–Crippen MR) is 59.9 cm³/mol. The molecular weight excluding hydrogens is 242 g/mol. The molecule has 18 heavy (non-hydrogen) atoms. The zero-order valence-corrected chi connectivity index (χ0v) is 9.73. The van der Waals surface area contributed by atoms with Crippen LogP contribution in [-0.2, 0) is 9.59 Å². The number of carbonyl (C=O) groups is 3. The van der Waals surface area contributed by atoms with Crippen LogP contribution in [0.2, 0.25) is 0 Å². The van der Waals surface area contributed by atoms with Gasteiger partial charge in [0.2, 0.25) is 5.91 Å². The molecule has 0 aromatic carbocycles. The number of hydrogen-bond acceptors (Lipinski definition) is 5. The number of aromatic nitrogens is 1. The van der Waals surface area contributed by atoms with Gasteiger partial charge in [-0.05, 0) is 13.3 Å². The van der Waals surface area contributed by atoms with E-state index in [1.54, 1.807) is 6.92 Å². The fourth-order valence-electron chi connectivity index (χ4n) is 1.16. The molecule has 0 fully saturated rings. The lowest BCUT2D eigenvalue weighted by atomic mass is 10.2. The first-order chi connectivity index (χ1) is 8.47. The summed E-state index contributed by atoms with van der Waals surface area (Å²) in [5.41, 5.74) is 0. The average Bonchev–Trinajstić information content (AvgIpc) is 2.62. The lowest BCUT2D eigenvalue weighted by molar-refractivity contribution is -0.137. The standard InChI is InChI=1S/C10H13N3O5/c1-6-5-7(13-18-6)11-10(17)12-8(14)3-2-4-9(15)16/h5H,2-4H2,1H3,(H,15,16)(H2,11,12,13,14,17). The summed E-state index contributed by atoms with van der Waals surface area (Å²) in [4.78, 5) is 32.7.